The van der Waals surface area contributed by atoms with Gasteiger partial charge in [0.15, 0.2) is 11.4 Å². The maximum atomic E-state index is 15.0. The molecule has 0 spiro atoms. The lowest BCUT2D eigenvalue weighted by Crippen LogP contribution is -2.44. The summed E-state index contributed by atoms with van der Waals surface area (Å²) < 4.78 is 58.3. The van der Waals surface area contributed by atoms with Crippen LogP contribution in [-0.4, -0.2) is 93.8 Å². The van der Waals surface area contributed by atoms with Crippen molar-refractivity contribution in [2.24, 2.45) is 4.99 Å². The van der Waals surface area contributed by atoms with Gasteiger partial charge in [0.25, 0.3) is 0 Å². The van der Waals surface area contributed by atoms with Crippen LogP contribution in [0.4, 0.5) is 10.2 Å². The molecule has 3 heterocycles. The molecule has 17 heteroatoms. The normalized spacial score (nSPS) is 20.4. The van der Waals surface area contributed by atoms with Crippen molar-refractivity contribution in [1.29, 1.82) is 5.26 Å². The number of fused-ring (bicyclic) bond motifs is 1. The zero-order valence-electron chi connectivity index (χ0n) is 36.8. The van der Waals surface area contributed by atoms with E-state index in [1.54, 1.807) is 18.2 Å². The highest BCUT2D eigenvalue weighted by atomic mass is 31.2. The molecule has 1 aromatic carbocycles. The third-order valence-corrected chi connectivity index (χ3v) is 12.4. The van der Waals surface area contributed by atoms with Gasteiger partial charge in [0.05, 0.1) is 50.3 Å². The Morgan fingerprint density at radius 3 is 2.24 bits per heavy atom. The summed E-state index contributed by atoms with van der Waals surface area (Å²) >= 11 is 0. The monoisotopic (exact) mass is 888 g/mol. The number of benzene rings is 1. The van der Waals surface area contributed by atoms with E-state index in [2.05, 4.69) is 34.8 Å². The van der Waals surface area contributed by atoms with Crippen LogP contribution in [0.5, 0.6) is 0 Å². The van der Waals surface area contributed by atoms with Gasteiger partial charge in [-0.1, -0.05) is 117 Å². The highest BCUT2D eigenvalue weighted by Crippen LogP contribution is 2.46. The van der Waals surface area contributed by atoms with E-state index >= 15 is 0 Å². The fourth-order valence-electron chi connectivity index (χ4n) is 7.97. The lowest BCUT2D eigenvalue weighted by Gasteiger charge is -2.30. The van der Waals surface area contributed by atoms with Gasteiger partial charge >= 0.3 is 7.82 Å². The molecule has 4 rings (SSSR count). The van der Waals surface area contributed by atoms with E-state index in [1.165, 1.54) is 100 Å². The van der Waals surface area contributed by atoms with Crippen LogP contribution < -0.4 is 5.73 Å². The molecule has 1 saturated heterocycles. The van der Waals surface area contributed by atoms with Crippen LogP contribution in [0.1, 0.15) is 145 Å². The van der Waals surface area contributed by atoms with Crippen LogP contribution in [-0.2, 0) is 46.5 Å². The lowest BCUT2D eigenvalue weighted by molar-refractivity contribution is -0.0953. The second kappa shape index (κ2) is 27.1. The predicted octanol–water partition coefficient (Wildman–Crippen LogP) is 8.29. The number of phosphoric ester groups is 1. The number of aliphatic hydroxyl groups excluding tert-OH is 2. The van der Waals surface area contributed by atoms with Crippen LogP contribution in [0.15, 0.2) is 35.6 Å². The second-order valence-electron chi connectivity index (χ2n) is 16.4. The lowest BCUT2D eigenvalue weighted by atomic mass is 9.91. The number of aliphatic hydroxyl groups is 2. The number of nitrogens with zero attached hydrogens (tertiary/aromatic N) is 5. The first kappa shape index (κ1) is 51.3. The molecule has 62 heavy (non-hydrogen) atoms. The Balaban J connectivity index is 1.26. The maximum Gasteiger partial charge on any atom is 0.472 e. The number of hydrogen-bond donors (Lipinski definition) is 4. The number of nitriles is 1. The average Bonchev–Trinajstić information content (AvgIpc) is 3.80. The van der Waals surface area contributed by atoms with E-state index in [0.29, 0.717) is 41.8 Å². The minimum absolute atomic E-state index is 0.00725. The molecule has 15 nitrogen and oxygen atoms in total. The van der Waals surface area contributed by atoms with E-state index in [1.807, 2.05) is 6.92 Å². The summed E-state index contributed by atoms with van der Waals surface area (Å²) in [7, 11) is -4.81. The molecule has 0 aliphatic carbocycles. The van der Waals surface area contributed by atoms with Gasteiger partial charge in [0.2, 0.25) is 0 Å². The number of hydrogen-bond acceptors (Lipinski definition) is 13. The summed E-state index contributed by atoms with van der Waals surface area (Å²) in [5, 5.41) is 36.2. The molecular formula is C45H70FN6O9P. The minimum atomic E-state index is -4.81. The number of rotatable bonds is 33. The van der Waals surface area contributed by atoms with Crippen molar-refractivity contribution in [1.82, 2.24) is 14.6 Å². The van der Waals surface area contributed by atoms with Crippen LogP contribution in [0, 0.1) is 17.1 Å². The van der Waals surface area contributed by atoms with Gasteiger partial charge in [0.1, 0.15) is 42.1 Å². The number of halogens is 1. The molecule has 0 radical (unpaired) electrons. The summed E-state index contributed by atoms with van der Waals surface area (Å²) in [6, 6.07) is 8.18. The van der Waals surface area contributed by atoms with Crippen LogP contribution in [0.25, 0.3) is 5.52 Å². The molecule has 6 atom stereocenters. The number of phosphoric acid groups is 1. The largest absolute Gasteiger partial charge is 0.472 e. The molecule has 1 fully saturated rings. The van der Waals surface area contributed by atoms with Crippen molar-refractivity contribution >= 4 is 25.9 Å². The average molecular weight is 889 g/mol. The standard InChI is InChI=1S/C45H70FN6O9P/c1-4-6-7-8-9-10-11-12-13-14-15-16-17-18-19-20-24-57-29-36(58-28-34-25-35(27-47)37(21-5-2)38(46)26-34)30-59-62(55,56)60-31-40-42(53)43(54)45(61-40,32-49-3)41-23-22-39-44(48)50-33-51-52(39)41/h22-23,25-26,33,36,40,42-43,53-54H,3-21,24,28-32H2,1-2H3,(H,55,56)(H2,48,50,51)/t36-,40-,42-,43-,45+/m1/s1. The number of nitrogen functional groups attached to an aromatic ring is 1. The predicted molar refractivity (Wildman–Crippen MR) is 236 cm³/mol. The van der Waals surface area contributed by atoms with Gasteiger partial charge in [-0.3, -0.25) is 14.0 Å². The highest BCUT2D eigenvalue weighted by Gasteiger charge is 2.57. The summed E-state index contributed by atoms with van der Waals surface area (Å²) in [6.45, 7) is 6.74. The number of unbranched alkanes of at least 4 members (excludes halogenated alkanes) is 15. The van der Waals surface area contributed by atoms with E-state index in [4.69, 9.17) is 29.0 Å². The quantitative estimate of drug-likeness (QED) is 0.0258. The number of aromatic nitrogens is 3. The third-order valence-electron chi connectivity index (χ3n) is 11.4. The summed E-state index contributed by atoms with van der Waals surface area (Å²) in [4.78, 5) is 18.6. The molecule has 0 saturated carbocycles. The number of nitrogens with two attached hydrogens (primary N) is 1. The van der Waals surface area contributed by atoms with Crippen molar-refractivity contribution in [2.75, 3.05) is 38.7 Å². The molecule has 346 valence electrons. The Labute approximate surface area is 366 Å². The first-order valence-electron chi connectivity index (χ1n) is 22.6. The zero-order valence-corrected chi connectivity index (χ0v) is 37.7. The second-order valence-corrected chi connectivity index (χ2v) is 17.8. The van der Waals surface area contributed by atoms with Gasteiger partial charge in [-0.25, -0.2) is 18.5 Å². The fourth-order valence-corrected chi connectivity index (χ4v) is 8.74. The Bertz CT molecular complexity index is 1880. The van der Waals surface area contributed by atoms with Crippen molar-refractivity contribution in [2.45, 2.75) is 166 Å². The third kappa shape index (κ3) is 15.4. The van der Waals surface area contributed by atoms with Crippen LogP contribution in [0.3, 0.4) is 0 Å². The highest BCUT2D eigenvalue weighted by molar-refractivity contribution is 7.47. The van der Waals surface area contributed by atoms with Gasteiger partial charge in [-0.2, -0.15) is 10.4 Å². The number of ether oxygens (including phenoxy) is 3. The molecule has 3 aromatic rings. The Morgan fingerprint density at radius 2 is 1.63 bits per heavy atom. The molecular weight excluding hydrogens is 818 g/mol. The molecule has 1 aliphatic heterocycles. The molecule has 1 unspecified atom stereocenters. The van der Waals surface area contributed by atoms with Crippen molar-refractivity contribution in [3.63, 3.8) is 0 Å². The topological polar surface area (TPSA) is 216 Å². The van der Waals surface area contributed by atoms with E-state index in [-0.39, 0.29) is 31.1 Å². The summed E-state index contributed by atoms with van der Waals surface area (Å²) in [5.74, 6) is -0.321. The number of aliphatic imine (C=N–C) groups is 1. The SMILES string of the molecule is C=NC[C@@]1(c2ccc3c(N)ncnn23)O[C@H](COP(=O)(O)OC[C@@H](COCCCCCCCCCCCCCCCCCC)OCc2cc(F)c(CCC)c(C#N)c2)[C@@H](O)[C@H]1O. The van der Waals surface area contributed by atoms with E-state index < -0.39 is 56.9 Å². The molecule has 1 aliphatic rings. The first-order chi connectivity index (χ1) is 30.0. The van der Waals surface area contributed by atoms with Crippen molar-refractivity contribution in [3.05, 3.63) is 58.8 Å². The van der Waals surface area contributed by atoms with Crippen molar-refractivity contribution < 1.29 is 47.3 Å². The summed E-state index contributed by atoms with van der Waals surface area (Å²) in [6.07, 6.45) is 17.1. The van der Waals surface area contributed by atoms with Gasteiger partial charge in [-0.05, 0) is 49.4 Å². The van der Waals surface area contributed by atoms with E-state index in [9.17, 15) is 29.3 Å². The molecule has 0 amide bonds. The minimum Gasteiger partial charge on any atom is -0.387 e. The van der Waals surface area contributed by atoms with Gasteiger partial charge in [0, 0.05) is 12.2 Å². The van der Waals surface area contributed by atoms with Crippen LogP contribution in [0.2, 0.25) is 0 Å². The summed E-state index contributed by atoms with van der Waals surface area (Å²) in [5.41, 5.74) is 6.05. The van der Waals surface area contributed by atoms with Crippen LogP contribution >= 0.6 is 7.82 Å². The molecule has 0 bridgehead atoms. The molecule has 2 aromatic heterocycles. The van der Waals surface area contributed by atoms with E-state index in [0.717, 1.165) is 19.3 Å². The van der Waals surface area contributed by atoms with Crippen molar-refractivity contribution in [3.8, 4) is 6.07 Å². The Morgan fingerprint density at radius 1 is 0.984 bits per heavy atom. The smallest absolute Gasteiger partial charge is 0.387 e. The number of anilines is 1. The Kier molecular flexibility index (Phi) is 22.4. The first-order valence-corrected chi connectivity index (χ1v) is 24.1. The molecule has 5 N–H and O–H groups in total. The van der Waals surface area contributed by atoms with Gasteiger partial charge < -0.3 is 35.1 Å². The Hall–Kier alpha value is -3.36. The maximum absolute atomic E-state index is 15.0. The van der Waals surface area contributed by atoms with Gasteiger partial charge in [-0.15, -0.1) is 0 Å². The zero-order chi connectivity index (χ0) is 44.8. The fraction of sp³-hybridized carbons (Fsp3) is 0.689.